The Morgan fingerprint density at radius 2 is 2.12 bits per heavy atom. The van der Waals surface area contributed by atoms with Crippen LogP contribution in [0, 0.1) is 0 Å². The van der Waals surface area contributed by atoms with Crippen molar-refractivity contribution in [2.45, 2.75) is 0 Å². The van der Waals surface area contributed by atoms with Crippen LogP contribution >= 0.6 is 0 Å². The standard InChI is InChI=1S/C12H15N3O/c1-16-8-7-13-12-9-11(14-15-12)10-5-3-2-4-6-10/h2-6,9H,7-8H2,1H3,(H2,13,14,15). The van der Waals surface area contributed by atoms with E-state index in [1.807, 2.05) is 36.4 Å². The summed E-state index contributed by atoms with van der Waals surface area (Å²) in [6, 6.07) is 12.1. The third kappa shape index (κ3) is 2.61. The van der Waals surface area contributed by atoms with Crippen LogP contribution in [0.4, 0.5) is 5.82 Å². The molecule has 0 atom stereocenters. The van der Waals surface area contributed by atoms with Crippen LogP contribution in [0.1, 0.15) is 0 Å². The summed E-state index contributed by atoms with van der Waals surface area (Å²) in [4.78, 5) is 0. The maximum absolute atomic E-state index is 4.95. The molecule has 4 heteroatoms. The maximum atomic E-state index is 4.95. The van der Waals surface area contributed by atoms with Crippen LogP contribution in [0.5, 0.6) is 0 Å². The largest absolute Gasteiger partial charge is 0.383 e. The molecule has 2 rings (SSSR count). The summed E-state index contributed by atoms with van der Waals surface area (Å²) in [5.41, 5.74) is 2.15. The lowest BCUT2D eigenvalue weighted by molar-refractivity contribution is 0.210. The van der Waals surface area contributed by atoms with E-state index in [-0.39, 0.29) is 0 Å². The molecule has 0 spiro atoms. The Kier molecular flexibility index (Phi) is 3.56. The Labute approximate surface area is 94.6 Å². The van der Waals surface area contributed by atoms with Gasteiger partial charge in [0.1, 0.15) is 5.82 Å². The van der Waals surface area contributed by atoms with Crippen molar-refractivity contribution in [3.63, 3.8) is 0 Å². The van der Waals surface area contributed by atoms with E-state index in [2.05, 4.69) is 15.5 Å². The van der Waals surface area contributed by atoms with Gasteiger partial charge in [-0.3, -0.25) is 5.10 Å². The molecule has 2 aromatic rings. The lowest BCUT2D eigenvalue weighted by Gasteiger charge is -1.99. The minimum absolute atomic E-state index is 0.674. The number of nitrogens with zero attached hydrogens (tertiary/aromatic N) is 1. The molecular weight excluding hydrogens is 202 g/mol. The van der Waals surface area contributed by atoms with Gasteiger partial charge in [0, 0.05) is 19.7 Å². The van der Waals surface area contributed by atoms with E-state index < -0.39 is 0 Å². The fraction of sp³-hybridized carbons (Fsp3) is 0.250. The summed E-state index contributed by atoms with van der Waals surface area (Å²) in [5, 5.41) is 10.3. The lowest BCUT2D eigenvalue weighted by Crippen LogP contribution is -2.07. The number of hydrogen-bond acceptors (Lipinski definition) is 3. The van der Waals surface area contributed by atoms with Crippen LogP contribution in [0.3, 0.4) is 0 Å². The third-order valence-electron chi connectivity index (χ3n) is 2.27. The fourth-order valence-corrected chi connectivity index (χ4v) is 1.46. The molecule has 0 unspecified atom stereocenters. The normalized spacial score (nSPS) is 10.3. The van der Waals surface area contributed by atoms with Gasteiger partial charge in [-0.1, -0.05) is 30.3 Å². The fourth-order valence-electron chi connectivity index (χ4n) is 1.46. The first-order chi connectivity index (χ1) is 7.90. The molecule has 2 N–H and O–H groups in total. The molecule has 1 heterocycles. The summed E-state index contributed by atoms with van der Waals surface area (Å²) < 4.78 is 4.95. The molecule has 0 amide bonds. The van der Waals surface area contributed by atoms with Gasteiger partial charge in [-0.25, -0.2) is 0 Å². The number of nitrogens with one attached hydrogen (secondary N) is 2. The van der Waals surface area contributed by atoms with Crippen LogP contribution < -0.4 is 5.32 Å². The quantitative estimate of drug-likeness (QED) is 0.754. The van der Waals surface area contributed by atoms with Crippen molar-refractivity contribution in [2.75, 3.05) is 25.6 Å². The predicted molar refractivity (Wildman–Crippen MR) is 64.4 cm³/mol. The number of aromatic nitrogens is 2. The lowest BCUT2D eigenvalue weighted by atomic mass is 10.2. The number of ether oxygens (including phenoxy) is 1. The molecule has 0 saturated carbocycles. The number of aromatic amines is 1. The third-order valence-corrected chi connectivity index (χ3v) is 2.27. The smallest absolute Gasteiger partial charge is 0.148 e. The second kappa shape index (κ2) is 5.32. The van der Waals surface area contributed by atoms with Crippen molar-refractivity contribution in [1.29, 1.82) is 0 Å². The Morgan fingerprint density at radius 3 is 2.88 bits per heavy atom. The highest BCUT2D eigenvalue weighted by Crippen LogP contribution is 2.18. The molecule has 1 aromatic carbocycles. The molecule has 1 aromatic heterocycles. The van der Waals surface area contributed by atoms with Gasteiger partial charge >= 0.3 is 0 Å². The van der Waals surface area contributed by atoms with E-state index in [1.54, 1.807) is 7.11 Å². The summed E-state index contributed by atoms with van der Waals surface area (Å²) in [5.74, 6) is 0.843. The summed E-state index contributed by atoms with van der Waals surface area (Å²) in [7, 11) is 1.68. The maximum Gasteiger partial charge on any atom is 0.148 e. The zero-order valence-corrected chi connectivity index (χ0v) is 9.23. The van der Waals surface area contributed by atoms with Gasteiger partial charge in [0.05, 0.1) is 12.3 Å². The van der Waals surface area contributed by atoms with Gasteiger partial charge < -0.3 is 10.1 Å². The van der Waals surface area contributed by atoms with Gasteiger partial charge in [0.2, 0.25) is 0 Å². The van der Waals surface area contributed by atoms with Crippen LogP contribution in [0.15, 0.2) is 36.4 Å². The zero-order valence-electron chi connectivity index (χ0n) is 9.23. The van der Waals surface area contributed by atoms with Crippen LogP contribution in [0.25, 0.3) is 11.3 Å². The molecule has 0 radical (unpaired) electrons. The molecule has 0 aliphatic rings. The van der Waals surface area contributed by atoms with E-state index in [1.165, 1.54) is 0 Å². The average molecular weight is 217 g/mol. The Bertz CT molecular complexity index is 425. The van der Waals surface area contributed by atoms with E-state index in [9.17, 15) is 0 Å². The van der Waals surface area contributed by atoms with Gasteiger partial charge in [-0.2, -0.15) is 5.10 Å². The first-order valence-electron chi connectivity index (χ1n) is 5.24. The number of methoxy groups -OCH3 is 1. The van der Waals surface area contributed by atoms with Crippen molar-refractivity contribution in [3.8, 4) is 11.3 Å². The highest BCUT2D eigenvalue weighted by molar-refractivity contribution is 5.62. The van der Waals surface area contributed by atoms with E-state index in [4.69, 9.17) is 4.74 Å². The van der Waals surface area contributed by atoms with Gasteiger partial charge in [0.25, 0.3) is 0 Å². The second-order valence-corrected chi connectivity index (χ2v) is 3.45. The van der Waals surface area contributed by atoms with E-state index in [0.717, 1.165) is 23.6 Å². The molecule has 0 fully saturated rings. The van der Waals surface area contributed by atoms with Gasteiger partial charge in [0.15, 0.2) is 0 Å². The van der Waals surface area contributed by atoms with Crippen molar-refractivity contribution in [3.05, 3.63) is 36.4 Å². The monoisotopic (exact) mass is 217 g/mol. The Morgan fingerprint density at radius 1 is 1.31 bits per heavy atom. The SMILES string of the molecule is COCCNc1cc(-c2ccccc2)[nH]n1. The molecular formula is C12H15N3O. The number of benzene rings is 1. The van der Waals surface area contributed by atoms with E-state index in [0.29, 0.717) is 6.61 Å². The van der Waals surface area contributed by atoms with Crippen LogP contribution in [-0.4, -0.2) is 30.5 Å². The van der Waals surface area contributed by atoms with Crippen LogP contribution in [0.2, 0.25) is 0 Å². The molecule has 0 aliphatic carbocycles. The molecule has 4 nitrogen and oxygen atoms in total. The molecule has 84 valence electrons. The number of rotatable bonds is 5. The highest BCUT2D eigenvalue weighted by atomic mass is 16.5. The van der Waals surface area contributed by atoms with Crippen molar-refractivity contribution in [1.82, 2.24) is 10.2 Å². The summed E-state index contributed by atoms with van der Waals surface area (Å²) >= 11 is 0. The first kappa shape index (κ1) is 10.7. The molecule has 16 heavy (non-hydrogen) atoms. The van der Waals surface area contributed by atoms with Crippen molar-refractivity contribution >= 4 is 5.82 Å². The second-order valence-electron chi connectivity index (χ2n) is 3.45. The number of hydrogen-bond donors (Lipinski definition) is 2. The highest BCUT2D eigenvalue weighted by Gasteiger charge is 2.01. The summed E-state index contributed by atoms with van der Waals surface area (Å²) in [6.45, 7) is 1.43. The van der Waals surface area contributed by atoms with Gasteiger partial charge in [-0.15, -0.1) is 0 Å². The van der Waals surface area contributed by atoms with E-state index >= 15 is 0 Å². The Hall–Kier alpha value is -1.81. The first-order valence-corrected chi connectivity index (χ1v) is 5.24. The van der Waals surface area contributed by atoms with Crippen LogP contribution in [-0.2, 0) is 4.74 Å². The minimum atomic E-state index is 0.674. The van der Waals surface area contributed by atoms with Crippen molar-refractivity contribution < 1.29 is 4.74 Å². The number of anilines is 1. The summed E-state index contributed by atoms with van der Waals surface area (Å²) in [6.07, 6.45) is 0. The van der Waals surface area contributed by atoms with Gasteiger partial charge in [-0.05, 0) is 5.56 Å². The molecule has 0 saturated heterocycles. The molecule has 0 bridgehead atoms. The minimum Gasteiger partial charge on any atom is -0.383 e. The predicted octanol–water partition coefficient (Wildman–Crippen LogP) is 2.13. The molecule has 0 aliphatic heterocycles. The topological polar surface area (TPSA) is 49.9 Å². The zero-order chi connectivity index (χ0) is 11.2. The number of H-pyrrole nitrogens is 1. The average Bonchev–Trinajstić information content (AvgIpc) is 2.79. The van der Waals surface area contributed by atoms with Crippen molar-refractivity contribution in [2.24, 2.45) is 0 Å². The Balaban J connectivity index is 2.02.